The van der Waals surface area contributed by atoms with E-state index in [4.69, 9.17) is 17.3 Å². The lowest BCUT2D eigenvalue weighted by Gasteiger charge is -2.12. The first-order valence-electron chi connectivity index (χ1n) is 5.87. The number of nitrogens with zero attached hydrogens (tertiary/aromatic N) is 1. The standard InChI is InChI=1S/C14H14ClN3O/c15-13-12(7-4-8-17-13)18-14(19)11(16)9-10-5-2-1-3-6-10/h1-8,11H,9,16H2,(H,18,19). The van der Waals surface area contributed by atoms with Gasteiger partial charge in [-0.2, -0.15) is 0 Å². The highest BCUT2D eigenvalue weighted by atomic mass is 35.5. The van der Waals surface area contributed by atoms with Crippen molar-refractivity contribution in [3.8, 4) is 0 Å². The molecule has 1 amide bonds. The second kappa shape index (κ2) is 6.31. The van der Waals surface area contributed by atoms with E-state index >= 15 is 0 Å². The maximum Gasteiger partial charge on any atom is 0.241 e. The summed E-state index contributed by atoms with van der Waals surface area (Å²) in [6, 6.07) is 12.4. The monoisotopic (exact) mass is 275 g/mol. The molecule has 0 bridgehead atoms. The SMILES string of the molecule is NC(Cc1ccccc1)C(=O)Nc1cccnc1Cl. The number of carbonyl (C=O) groups is 1. The van der Waals surface area contributed by atoms with Gasteiger partial charge in [-0.3, -0.25) is 4.79 Å². The Morgan fingerprint density at radius 2 is 2.00 bits per heavy atom. The molecule has 0 aliphatic carbocycles. The van der Waals surface area contributed by atoms with Crippen molar-refractivity contribution in [1.29, 1.82) is 0 Å². The minimum atomic E-state index is -0.626. The number of nitrogens with one attached hydrogen (secondary N) is 1. The fourth-order valence-electron chi connectivity index (χ4n) is 1.67. The van der Waals surface area contributed by atoms with Crippen LogP contribution in [0.25, 0.3) is 0 Å². The van der Waals surface area contributed by atoms with Crippen molar-refractivity contribution in [2.24, 2.45) is 5.73 Å². The molecule has 1 heterocycles. The molecule has 2 aromatic rings. The Balaban J connectivity index is 1.99. The van der Waals surface area contributed by atoms with Crippen LogP contribution in [0.4, 0.5) is 5.69 Å². The zero-order valence-electron chi connectivity index (χ0n) is 10.2. The Hall–Kier alpha value is -1.91. The van der Waals surface area contributed by atoms with Crippen LogP contribution >= 0.6 is 11.6 Å². The lowest BCUT2D eigenvalue weighted by atomic mass is 10.1. The summed E-state index contributed by atoms with van der Waals surface area (Å²) in [7, 11) is 0. The van der Waals surface area contributed by atoms with Gasteiger partial charge in [0.1, 0.15) is 0 Å². The number of amides is 1. The van der Waals surface area contributed by atoms with E-state index in [0.717, 1.165) is 5.56 Å². The Morgan fingerprint density at radius 1 is 1.26 bits per heavy atom. The Kier molecular flexibility index (Phi) is 4.49. The highest BCUT2D eigenvalue weighted by molar-refractivity contribution is 6.32. The molecular weight excluding hydrogens is 262 g/mol. The summed E-state index contributed by atoms with van der Waals surface area (Å²) < 4.78 is 0. The molecule has 4 nitrogen and oxygen atoms in total. The van der Waals surface area contributed by atoms with E-state index in [1.165, 1.54) is 0 Å². The van der Waals surface area contributed by atoms with E-state index in [0.29, 0.717) is 12.1 Å². The number of nitrogens with two attached hydrogens (primary N) is 1. The average Bonchev–Trinajstić information content (AvgIpc) is 2.42. The molecule has 1 atom stereocenters. The zero-order valence-corrected chi connectivity index (χ0v) is 11.0. The number of carbonyl (C=O) groups excluding carboxylic acids is 1. The van der Waals surface area contributed by atoms with Gasteiger partial charge in [-0.25, -0.2) is 4.98 Å². The molecule has 0 aliphatic heterocycles. The van der Waals surface area contributed by atoms with Gasteiger partial charge in [0.15, 0.2) is 5.15 Å². The third-order valence-electron chi connectivity index (χ3n) is 2.65. The normalized spacial score (nSPS) is 11.9. The lowest BCUT2D eigenvalue weighted by molar-refractivity contribution is -0.117. The molecule has 0 aliphatic rings. The van der Waals surface area contributed by atoms with Gasteiger partial charge < -0.3 is 11.1 Å². The summed E-state index contributed by atoms with van der Waals surface area (Å²) in [6.07, 6.45) is 2.03. The molecule has 1 unspecified atom stereocenters. The van der Waals surface area contributed by atoms with Gasteiger partial charge >= 0.3 is 0 Å². The first kappa shape index (κ1) is 13.5. The molecule has 19 heavy (non-hydrogen) atoms. The Labute approximate surface area is 116 Å². The number of aromatic nitrogens is 1. The molecule has 0 fully saturated rings. The van der Waals surface area contributed by atoms with Crippen LogP contribution < -0.4 is 11.1 Å². The van der Waals surface area contributed by atoms with Gasteiger partial charge in [-0.15, -0.1) is 0 Å². The van der Waals surface area contributed by atoms with Gasteiger partial charge in [0, 0.05) is 6.20 Å². The van der Waals surface area contributed by atoms with Crippen molar-refractivity contribution in [3.63, 3.8) is 0 Å². The minimum absolute atomic E-state index is 0.253. The van der Waals surface area contributed by atoms with Crippen LogP contribution in [0, 0.1) is 0 Å². The van der Waals surface area contributed by atoms with Crippen molar-refractivity contribution in [2.45, 2.75) is 12.5 Å². The zero-order chi connectivity index (χ0) is 13.7. The van der Waals surface area contributed by atoms with E-state index in [1.807, 2.05) is 30.3 Å². The summed E-state index contributed by atoms with van der Waals surface area (Å²) >= 11 is 5.87. The van der Waals surface area contributed by atoms with Crippen LogP contribution in [-0.2, 0) is 11.2 Å². The lowest BCUT2D eigenvalue weighted by Crippen LogP contribution is -2.37. The predicted octanol–water partition coefficient (Wildman–Crippen LogP) is 2.24. The van der Waals surface area contributed by atoms with Crippen LogP contribution in [0.1, 0.15) is 5.56 Å². The average molecular weight is 276 g/mol. The molecule has 98 valence electrons. The number of hydrogen-bond acceptors (Lipinski definition) is 3. The number of rotatable bonds is 4. The second-order valence-electron chi connectivity index (χ2n) is 4.13. The second-order valence-corrected chi connectivity index (χ2v) is 4.49. The molecule has 2 rings (SSSR count). The van der Waals surface area contributed by atoms with E-state index in [9.17, 15) is 4.79 Å². The quantitative estimate of drug-likeness (QED) is 0.841. The summed E-state index contributed by atoms with van der Waals surface area (Å²) in [5, 5.41) is 2.92. The molecule has 0 radical (unpaired) electrons. The van der Waals surface area contributed by atoms with Crippen LogP contribution in [-0.4, -0.2) is 16.9 Å². The van der Waals surface area contributed by atoms with Gasteiger partial charge in [-0.1, -0.05) is 41.9 Å². The third kappa shape index (κ3) is 3.77. The maximum atomic E-state index is 11.9. The summed E-state index contributed by atoms with van der Waals surface area (Å²) in [5.74, 6) is -0.279. The van der Waals surface area contributed by atoms with Gasteiger partial charge in [0.2, 0.25) is 5.91 Å². The van der Waals surface area contributed by atoms with E-state index in [-0.39, 0.29) is 11.1 Å². The summed E-state index contributed by atoms with van der Waals surface area (Å²) in [4.78, 5) is 15.8. The van der Waals surface area contributed by atoms with Crippen molar-refractivity contribution in [2.75, 3.05) is 5.32 Å². The third-order valence-corrected chi connectivity index (χ3v) is 2.95. The van der Waals surface area contributed by atoms with Gasteiger partial charge in [0.05, 0.1) is 11.7 Å². The van der Waals surface area contributed by atoms with Crippen LogP contribution in [0.5, 0.6) is 0 Å². The Bertz CT molecular complexity index is 560. The van der Waals surface area contributed by atoms with Crippen molar-refractivity contribution >= 4 is 23.2 Å². The largest absolute Gasteiger partial charge is 0.322 e. The minimum Gasteiger partial charge on any atom is -0.322 e. The van der Waals surface area contributed by atoms with Crippen molar-refractivity contribution in [3.05, 3.63) is 59.4 Å². The number of benzene rings is 1. The van der Waals surface area contributed by atoms with Crippen LogP contribution in [0.15, 0.2) is 48.7 Å². The van der Waals surface area contributed by atoms with E-state index in [1.54, 1.807) is 18.3 Å². The molecule has 1 aromatic carbocycles. The van der Waals surface area contributed by atoms with Gasteiger partial charge in [0.25, 0.3) is 0 Å². The van der Waals surface area contributed by atoms with Crippen LogP contribution in [0.2, 0.25) is 5.15 Å². The molecule has 1 aromatic heterocycles. The first-order valence-corrected chi connectivity index (χ1v) is 6.25. The smallest absolute Gasteiger partial charge is 0.241 e. The summed E-state index contributed by atoms with van der Waals surface area (Å²) in [6.45, 7) is 0. The highest BCUT2D eigenvalue weighted by Crippen LogP contribution is 2.17. The number of halogens is 1. The summed E-state index contributed by atoms with van der Waals surface area (Å²) in [5.41, 5.74) is 7.36. The molecular formula is C14H14ClN3O. The topological polar surface area (TPSA) is 68.0 Å². The fourth-order valence-corrected chi connectivity index (χ4v) is 1.83. The van der Waals surface area contributed by atoms with Crippen LogP contribution in [0.3, 0.4) is 0 Å². The molecule has 0 saturated carbocycles. The Morgan fingerprint density at radius 3 is 2.68 bits per heavy atom. The van der Waals surface area contributed by atoms with Gasteiger partial charge in [-0.05, 0) is 24.1 Å². The fraction of sp³-hybridized carbons (Fsp3) is 0.143. The first-order chi connectivity index (χ1) is 9.16. The van der Waals surface area contributed by atoms with E-state index < -0.39 is 6.04 Å². The van der Waals surface area contributed by atoms with Crippen molar-refractivity contribution < 1.29 is 4.79 Å². The molecule has 5 heteroatoms. The molecule has 3 N–H and O–H groups in total. The number of pyridine rings is 1. The number of anilines is 1. The molecule has 0 saturated heterocycles. The molecule has 0 spiro atoms. The maximum absolute atomic E-state index is 11.9. The number of hydrogen-bond donors (Lipinski definition) is 2. The van der Waals surface area contributed by atoms with Crippen molar-refractivity contribution in [1.82, 2.24) is 4.98 Å². The highest BCUT2D eigenvalue weighted by Gasteiger charge is 2.15. The van der Waals surface area contributed by atoms with E-state index in [2.05, 4.69) is 10.3 Å². The predicted molar refractivity (Wildman–Crippen MR) is 76.0 cm³/mol.